The third-order valence-electron chi connectivity index (χ3n) is 13.8. The maximum absolute atomic E-state index is 12.8. The SMILES string of the molecule is CC/C=C\C/C=C\C/C=C\C/C=C\C/C=C\C/C=C\C/C=C\C/C=C\CCCCC(=O)OC(COC(=O)CCCCCCC)COC(=O)CCCCCCCCCCCCCCCCCCCC/C=C\C/C=C\C/C=C\C/C=C\CC. The lowest BCUT2D eigenvalue weighted by Gasteiger charge is -2.18. The highest BCUT2D eigenvalue weighted by atomic mass is 16.6. The van der Waals surface area contributed by atoms with Gasteiger partial charge in [-0.05, 0) is 122 Å². The summed E-state index contributed by atoms with van der Waals surface area (Å²) in [6.45, 7) is 6.30. The molecule has 6 heteroatoms. The summed E-state index contributed by atoms with van der Waals surface area (Å²) in [5, 5.41) is 0. The van der Waals surface area contributed by atoms with Crippen LogP contribution in [0, 0.1) is 0 Å². The second kappa shape index (κ2) is 67.8. The Labute approximate surface area is 499 Å². The van der Waals surface area contributed by atoms with Gasteiger partial charge in [0, 0.05) is 19.3 Å². The number of esters is 3. The van der Waals surface area contributed by atoms with Crippen molar-refractivity contribution in [2.24, 2.45) is 0 Å². The summed E-state index contributed by atoms with van der Waals surface area (Å²) < 4.78 is 16.7. The smallest absolute Gasteiger partial charge is 0.306 e. The quantitative estimate of drug-likeness (QED) is 0.0261. The van der Waals surface area contributed by atoms with E-state index < -0.39 is 6.10 Å². The Morgan fingerprint density at radius 2 is 0.481 bits per heavy atom. The number of carbonyl (C=O) groups excluding carboxylic acids is 3. The van der Waals surface area contributed by atoms with Gasteiger partial charge in [0.2, 0.25) is 0 Å². The highest BCUT2D eigenvalue weighted by molar-refractivity contribution is 5.71. The molecule has 0 aromatic carbocycles. The third kappa shape index (κ3) is 66.0. The van der Waals surface area contributed by atoms with Crippen LogP contribution in [-0.2, 0) is 28.6 Å². The van der Waals surface area contributed by atoms with E-state index in [-0.39, 0.29) is 37.5 Å². The lowest BCUT2D eigenvalue weighted by molar-refractivity contribution is -0.167. The highest BCUT2D eigenvalue weighted by Crippen LogP contribution is 2.16. The molecule has 0 fully saturated rings. The number of allylic oxidation sites excluding steroid dienone is 24. The van der Waals surface area contributed by atoms with Crippen molar-refractivity contribution in [3.63, 3.8) is 0 Å². The summed E-state index contributed by atoms with van der Waals surface area (Å²) in [6.07, 6.45) is 97.8. The van der Waals surface area contributed by atoms with E-state index in [1.807, 2.05) is 0 Å². The molecule has 0 N–H and O–H groups in total. The first kappa shape index (κ1) is 76.3. The van der Waals surface area contributed by atoms with Crippen molar-refractivity contribution in [1.29, 1.82) is 0 Å². The fourth-order valence-electron chi connectivity index (χ4n) is 8.92. The molecule has 0 aromatic heterocycles. The minimum atomic E-state index is -0.802. The standard InChI is InChI=1S/C75H122O6/c1-4-7-10-13-15-17-19-21-23-25-27-29-31-33-35-36-37-38-40-41-43-45-47-49-51-53-55-57-59-62-65-68-74(77)80-71-72(70-79-73(76)67-64-61-12-9-6-3)81-75(78)69-66-63-60-58-56-54-52-50-48-46-44-42-39-34-32-30-28-26-24-22-20-18-16-14-11-8-5-2/h7-8,10-11,15-18,21-24,27-30,34,39,44,46,50,52,56,58,72H,4-6,9,12-14,19-20,25-26,31-33,35-38,40-43,45,47-49,51,53-55,57,59-71H2,1-3H3/b10-7-,11-8-,17-15-,18-16-,23-21-,24-22-,29-27-,30-28-,39-34-,46-44-,52-50-,58-56-. The molecule has 0 saturated carbocycles. The van der Waals surface area contributed by atoms with Gasteiger partial charge >= 0.3 is 17.9 Å². The minimum Gasteiger partial charge on any atom is -0.462 e. The van der Waals surface area contributed by atoms with E-state index in [9.17, 15) is 14.4 Å². The van der Waals surface area contributed by atoms with Crippen LogP contribution in [0.4, 0.5) is 0 Å². The fraction of sp³-hybridized carbons (Fsp3) is 0.640. The van der Waals surface area contributed by atoms with Crippen LogP contribution in [0.15, 0.2) is 146 Å². The number of hydrogen-bond donors (Lipinski definition) is 0. The third-order valence-corrected chi connectivity index (χ3v) is 13.8. The molecule has 81 heavy (non-hydrogen) atoms. The largest absolute Gasteiger partial charge is 0.462 e. The summed E-state index contributed by atoms with van der Waals surface area (Å²) in [5.74, 6) is -0.955. The number of unbranched alkanes of at least 4 members (excludes halogenated alkanes) is 24. The lowest BCUT2D eigenvalue weighted by atomic mass is 10.0. The zero-order chi connectivity index (χ0) is 58.5. The molecule has 458 valence electrons. The fourth-order valence-corrected chi connectivity index (χ4v) is 8.92. The summed E-state index contributed by atoms with van der Waals surface area (Å²) in [5.41, 5.74) is 0. The molecule has 0 aliphatic rings. The van der Waals surface area contributed by atoms with Crippen LogP contribution in [0.25, 0.3) is 0 Å². The molecule has 0 bridgehead atoms. The van der Waals surface area contributed by atoms with Gasteiger partial charge in [0.05, 0.1) is 0 Å². The van der Waals surface area contributed by atoms with Gasteiger partial charge < -0.3 is 14.2 Å². The molecule has 1 atom stereocenters. The number of carbonyl (C=O) groups is 3. The average Bonchev–Trinajstić information content (AvgIpc) is 3.47. The molecule has 0 spiro atoms. The van der Waals surface area contributed by atoms with Crippen LogP contribution in [-0.4, -0.2) is 37.2 Å². The number of rotatable bonds is 59. The predicted molar refractivity (Wildman–Crippen MR) is 352 cm³/mol. The molecular weight excluding hydrogens is 997 g/mol. The Morgan fingerprint density at radius 3 is 0.778 bits per heavy atom. The van der Waals surface area contributed by atoms with Crippen molar-refractivity contribution in [2.75, 3.05) is 13.2 Å². The van der Waals surface area contributed by atoms with Gasteiger partial charge in [0.15, 0.2) is 6.10 Å². The highest BCUT2D eigenvalue weighted by Gasteiger charge is 2.19. The van der Waals surface area contributed by atoms with Crippen molar-refractivity contribution in [3.05, 3.63) is 146 Å². The first-order valence-electron chi connectivity index (χ1n) is 33.3. The summed E-state index contributed by atoms with van der Waals surface area (Å²) in [7, 11) is 0. The van der Waals surface area contributed by atoms with Crippen molar-refractivity contribution in [3.8, 4) is 0 Å². The van der Waals surface area contributed by atoms with Crippen LogP contribution in [0.1, 0.15) is 290 Å². The van der Waals surface area contributed by atoms with E-state index in [0.717, 1.165) is 141 Å². The molecule has 0 saturated heterocycles. The Kier molecular flexibility index (Phi) is 63.9. The van der Waals surface area contributed by atoms with Gasteiger partial charge in [-0.25, -0.2) is 0 Å². The molecule has 0 heterocycles. The van der Waals surface area contributed by atoms with E-state index in [1.54, 1.807) is 0 Å². The zero-order valence-electron chi connectivity index (χ0n) is 52.5. The maximum atomic E-state index is 12.8. The average molecular weight is 1120 g/mol. The van der Waals surface area contributed by atoms with E-state index in [1.165, 1.54) is 103 Å². The molecule has 0 amide bonds. The molecule has 6 nitrogen and oxygen atoms in total. The summed E-state index contributed by atoms with van der Waals surface area (Å²) in [4.78, 5) is 38.0. The first-order valence-corrected chi connectivity index (χ1v) is 33.3. The first-order chi connectivity index (χ1) is 40.0. The van der Waals surface area contributed by atoms with Crippen LogP contribution in [0.3, 0.4) is 0 Å². The van der Waals surface area contributed by atoms with Gasteiger partial charge in [-0.3, -0.25) is 14.4 Å². The monoisotopic (exact) mass is 1120 g/mol. The van der Waals surface area contributed by atoms with Crippen LogP contribution in [0.2, 0.25) is 0 Å². The second-order valence-electron chi connectivity index (χ2n) is 21.6. The maximum Gasteiger partial charge on any atom is 0.306 e. The van der Waals surface area contributed by atoms with Crippen LogP contribution < -0.4 is 0 Å². The second-order valence-corrected chi connectivity index (χ2v) is 21.6. The predicted octanol–water partition coefficient (Wildman–Crippen LogP) is 23.1. The summed E-state index contributed by atoms with van der Waals surface area (Å²) >= 11 is 0. The van der Waals surface area contributed by atoms with Crippen molar-refractivity contribution in [1.82, 2.24) is 0 Å². The Bertz CT molecular complexity index is 1760. The van der Waals surface area contributed by atoms with Crippen molar-refractivity contribution in [2.45, 2.75) is 297 Å². The molecule has 0 radical (unpaired) electrons. The Hall–Kier alpha value is -4.71. The molecular formula is C75H122O6. The van der Waals surface area contributed by atoms with E-state index in [2.05, 4.69) is 167 Å². The normalized spacial score (nSPS) is 13.1. The van der Waals surface area contributed by atoms with Crippen molar-refractivity contribution < 1.29 is 28.6 Å². The lowest BCUT2D eigenvalue weighted by Crippen LogP contribution is -2.30. The zero-order valence-corrected chi connectivity index (χ0v) is 52.5. The van der Waals surface area contributed by atoms with E-state index in [0.29, 0.717) is 19.3 Å². The minimum absolute atomic E-state index is 0.0979. The Morgan fingerprint density at radius 1 is 0.259 bits per heavy atom. The number of ether oxygens (including phenoxy) is 3. The molecule has 1 unspecified atom stereocenters. The molecule has 0 aliphatic carbocycles. The van der Waals surface area contributed by atoms with Gasteiger partial charge in [0.1, 0.15) is 13.2 Å². The molecule has 0 rings (SSSR count). The van der Waals surface area contributed by atoms with Crippen LogP contribution in [0.5, 0.6) is 0 Å². The Balaban J connectivity index is 4.09. The van der Waals surface area contributed by atoms with Gasteiger partial charge in [-0.2, -0.15) is 0 Å². The summed E-state index contributed by atoms with van der Waals surface area (Å²) in [6, 6.07) is 0. The van der Waals surface area contributed by atoms with E-state index in [4.69, 9.17) is 14.2 Å². The molecule has 0 aromatic rings. The van der Waals surface area contributed by atoms with Gasteiger partial charge in [0.25, 0.3) is 0 Å². The van der Waals surface area contributed by atoms with E-state index >= 15 is 0 Å². The van der Waals surface area contributed by atoms with Gasteiger partial charge in [-0.15, -0.1) is 0 Å². The van der Waals surface area contributed by atoms with Gasteiger partial charge in [-0.1, -0.05) is 295 Å². The molecule has 0 aliphatic heterocycles. The topological polar surface area (TPSA) is 78.9 Å². The van der Waals surface area contributed by atoms with Crippen LogP contribution >= 0.6 is 0 Å². The number of hydrogen-bond acceptors (Lipinski definition) is 6. The van der Waals surface area contributed by atoms with Crippen molar-refractivity contribution >= 4 is 17.9 Å².